The van der Waals surface area contributed by atoms with E-state index < -0.39 is 5.97 Å². The summed E-state index contributed by atoms with van der Waals surface area (Å²) in [6, 6.07) is 10.6. The first-order valence-electron chi connectivity index (χ1n) is 6.86. The van der Waals surface area contributed by atoms with Crippen molar-refractivity contribution < 1.29 is 14.6 Å². The summed E-state index contributed by atoms with van der Waals surface area (Å²) in [5, 5.41) is 11.1. The highest BCUT2D eigenvalue weighted by atomic mass is 35.5. The fourth-order valence-corrected chi connectivity index (χ4v) is 3.07. The van der Waals surface area contributed by atoms with Crippen molar-refractivity contribution >= 4 is 40.1 Å². The number of aliphatic carboxylic acids is 1. The number of halogens is 2. The van der Waals surface area contributed by atoms with Gasteiger partial charge in [0.2, 0.25) is 0 Å². The van der Waals surface area contributed by atoms with Crippen LogP contribution in [0.3, 0.4) is 0 Å². The van der Waals surface area contributed by atoms with E-state index in [1.54, 1.807) is 37.4 Å². The van der Waals surface area contributed by atoms with Gasteiger partial charge in [-0.1, -0.05) is 35.3 Å². The van der Waals surface area contributed by atoms with E-state index in [-0.39, 0.29) is 6.42 Å². The maximum absolute atomic E-state index is 11.3. The number of carbonyl (C=O) groups is 1. The number of benzene rings is 2. The van der Waals surface area contributed by atoms with Gasteiger partial charge in [0.1, 0.15) is 5.75 Å². The van der Waals surface area contributed by atoms with Crippen LogP contribution in [0.5, 0.6) is 5.75 Å². The van der Waals surface area contributed by atoms with E-state index in [4.69, 9.17) is 27.9 Å². The minimum Gasteiger partial charge on any atom is -0.496 e. The highest BCUT2D eigenvalue weighted by Crippen LogP contribution is 2.39. The number of hydrogen-bond acceptors (Lipinski definition) is 2. The lowest BCUT2D eigenvalue weighted by Crippen LogP contribution is -2.01. The third-order valence-corrected chi connectivity index (χ3v) is 4.20. The summed E-state index contributed by atoms with van der Waals surface area (Å²) < 4.78 is 5.38. The van der Waals surface area contributed by atoms with E-state index in [2.05, 4.69) is 4.98 Å². The summed E-state index contributed by atoms with van der Waals surface area (Å²) in [6.45, 7) is 0. The predicted octanol–water partition coefficient (Wildman–Crippen LogP) is 4.78. The molecule has 0 unspecified atom stereocenters. The molecule has 0 spiro atoms. The number of carboxylic acid groups (broad SMARTS) is 1. The molecule has 0 amide bonds. The van der Waals surface area contributed by atoms with Gasteiger partial charge in [0.05, 0.1) is 29.8 Å². The van der Waals surface area contributed by atoms with Crippen molar-refractivity contribution in [1.82, 2.24) is 4.98 Å². The number of fused-ring (bicyclic) bond motifs is 1. The molecule has 0 saturated heterocycles. The van der Waals surface area contributed by atoms with Crippen molar-refractivity contribution in [3.8, 4) is 17.0 Å². The van der Waals surface area contributed by atoms with E-state index in [0.717, 1.165) is 5.39 Å². The third kappa shape index (κ3) is 2.87. The molecule has 0 saturated carbocycles. The van der Waals surface area contributed by atoms with Crippen LogP contribution in [0, 0.1) is 0 Å². The first kappa shape index (κ1) is 15.7. The topological polar surface area (TPSA) is 62.3 Å². The van der Waals surface area contributed by atoms with Crippen LogP contribution in [-0.4, -0.2) is 23.2 Å². The molecule has 0 bridgehead atoms. The lowest BCUT2D eigenvalue weighted by molar-refractivity contribution is -0.136. The van der Waals surface area contributed by atoms with Crippen LogP contribution in [-0.2, 0) is 11.2 Å². The lowest BCUT2D eigenvalue weighted by Gasteiger charge is -2.09. The molecular formula is C17H13Cl2NO3. The van der Waals surface area contributed by atoms with Crippen LogP contribution in [0.4, 0.5) is 0 Å². The Bertz CT molecular complexity index is 902. The quantitative estimate of drug-likeness (QED) is 0.712. The molecule has 4 nitrogen and oxygen atoms in total. The third-order valence-electron chi connectivity index (χ3n) is 3.65. The monoisotopic (exact) mass is 349 g/mol. The molecule has 0 aliphatic heterocycles. The number of hydrogen-bond donors (Lipinski definition) is 2. The van der Waals surface area contributed by atoms with Crippen molar-refractivity contribution in [2.45, 2.75) is 6.42 Å². The van der Waals surface area contributed by atoms with E-state index in [1.807, 2.05) is 6.07 Å². The summed E-state index contributed by atoms with van der Waals surface area (Å²) in [4.78, 5) is 14.5. The Balaban J connectivity index is 2.34. The number of rotatable bonds is 4. The van der Waals surface area contributed by atoms with Crippen LogP contribution < -0.4 is 4.74 Å². The molecule has 0 atom stereocenters. The molecule has 1 heterocycles. The number of para-hydroxylation sites is 1. The van der Waals surface area contributed by atoms with E-state index in [0.29, 0.717) is 38.1 Å². The number of nitrogens with one attached hydrogen (secondary N) is 1. The van der Waals surface area contributed by atoms with Gasteiger partial charge in [-0.05, 0) is 29.8 Å². The average molecular weight is 350 g/mol. The maximum Gasteiger partial charge on any atom is 0.307 e. The average Bonchev–Trinajstić information content (AvgIpc) is 2.87. The van der Waals surface area contributed by atoms with Crippen molar-refractivity contribution in [1.29, 1.82) is 0 Å². The molecule has 0 aliphatic carbocycles. The second-order valence-electron chi connectivity index (χ2n) is 5.06. The lowest BCUT2D eigenvalue weighted by atomic mass is 10.0. The summed E-state index contributed by atoms with van der Waals surface area (Å²) in [5.41, 5.74) is 2.69. The Kier molecular flexibility index (Phi) is 4.20. The number of methoxy groups -OCH3 is 1. The van der Waals surface area contributed by atoms with Gasteiger partial charge >= 0.3 is 5.97 Å². The molecule has 0 radical (unpaired) electrons. The highest BCUT2D eigenvalue weighted by molar-refractivity contribution is 6.35. The van der Waals surface area contributed by atoms with Gasteiger partial charge < -0.3 is 14.8 Å². The Morgan fingerprint density at radius 2 is 2.04 bits per heavy atom. The van der Waals surface area contributed by atoms with Crippen LogP contribution in [0.2, 0.25) is 10.0 Å². The Morgan fingerprint density at radius 1 is 1.26 bits per heavy atom. The van der Waals surface area contributed by atoms with Gasteiger partial charge in [0, 0.05) is 16.0 Å². The van der Waals surface area contributed by atoms with E-state index >= 15 is 0 Å². The van der Waals surface area contributed by atoms with Gasteiger partial charge in [-0.3, -0.25) is 4.79 Å². The number of aromatic nitrogens is 1. The first-order chi connectivity index (χ1) is 11.0. The molecular weight excluding hydrogens is 337 g/mol. The van der Waals surface area contributed by atoms with Crippen LogP contribution in [0.15, 0.2) is 36.4 Å². The molecule has 6 heteroatoms. The number of carboxylic acids is 1. The predicted molar refractivity (Wildman–Crippen MR) is 91.6 cm³/mol. The molecule has 2 N–H and O–H groups in total. The Labute approximate surface area is 142 Å². The molecule has 2 aromatic carbocycles. The fraction of sp³-hybridized carbons (Fsp3) is 0.118. The number of H-pyrrole nitrogens is 1. The van der Waals surface area contributed by atoms with Crippen molar-refractivity contribution in [2.75, 3.05) is 7.11 Å². The van der Waals surface area contributed by atoms with Crippen LogP contribution in [0.1, 0.15) is 5.56 Å². The molecule has 3 aromatic rings. The van der Waals surface area contributed by atoms with E-state index in [1.165, 1.54) is 0 Å². The molecule has 0 fully saturated rings. The second kappa shape index (κ2) is 6.14. The van der Waals surface area contributed by atoms with Gasteiger partial charge in [-0.2, -0.15) is 0 Å². The van der Waals surface area contributed by atoms with Crippen molar-refractivity contribution in [3.05, 3.63) is 52.0 Å². The van der Waals surface area contributed by atoms with Gasteiger partial charge in [0.15, 0.2) is 0 Å². The van der Waals surface area contributed by atoms with Crippen LogP contribution in [0.25, 0.3) is 22.2 Å². The Hall–Kier alpha value is -2.17. The molecule has 1 aromatic heterocycles. The summed E-state index contributed by atoms with van der Waals surface area (Å²) >= 11 is 12.3. The van der Waals surface area contributed by atoms with Crippen LogP contribution >= 0.6 is 23.2 Å². The summed E-state index contributed by atoms with van der Waals surface area (Å²) in [6.07, 6.45) is -0.134. The fourth-order valence-electron chi connectivity index (χ4n) is 2.68. The van der Waals surface area contributed by atoms with Crippen molar-refractivity contribution in [3.63, 3.8) is 0 Å². The number of aromatic amines is 1. The van der Waals surface area contributed by atoms with Gasteiger partial charge in [0.25, 0.3) is 0 Å². The standard InChI is InChI=1S/C17H13Cl2NO3/c1-23-14-6-5-9(18)7-12(14)16-11(8-15(21)22)10-3-2-4-13(19)17(10)20-16/h2-7,20H,8H2,1H3,(H,21,22). The number of ether oxygens (including phenoxy) is 1. The molecule has 23 heavy (non-hydrogen) atoms. The van der Waals surface area contributed by atoms with Crippen molar-refractivity contribution in [2.24, 2.45) is 0 Å². The molecule has 0 aliphatic rings. The smallest absolute Gasteiger partial charge is 0.307 e. The van der Waals surface area contributed by atoms with Gasteiger partial charge in [-0.25, -0.2) is 0 Å². The SMILES string of the molecule is COc1ccc(Cl)cc1-c1[nH]c2c(Cl)cccc2c1CC(=O)O. The zero-order valence-electron chi connectivity index (χ0n) is 12.2. The normalized spacial score (nSPS) is 10.9. The minimum atomic E-state index is -0.923. The van der Waals surface area contributed by atoms with E-state index in [9.17, 15) is 9.90 Å². The zero-order valence-corrected chi connectivity index (χ0v) is 13.7. The maximum atomic E-state index is 11.3. The Morgan fingerprint density at radius 3 is 2.74 bits per heavy atom. The summed E-state index contributed by atoms with van der Waals surface area (Å²) in [7, 11) is 1.55. The molecule has 3 rings (SSSR count). The van der Waals surface area contributed by atoms with Gasteiger partial charge in [-0.15, -0.1) is 0 Å². The first-order valence-corrected chi connectivity index (χ1v) is 7.61. The summed E-state index contributed by atoms with van der Waals surface area (Å²) in [5.74, 6) is -0.322. The second-order valence-corrected chi connectivity index (χ2v) is 5.90. The largest absolute Gasteiger partial charge is 0.496 e. The zero-order chi connectivity index (χ0) is 16.6. The minimum absolute atomic E-state index is 0.134. The molecule has 118 valence electrons. The highest BCUT2D eigenvalue weighted by Gasteiger charge is 2.19.